The third-order valence-electron chi connectivity index (χ3n) is 3.34. The molecular weight excluding hydrogens is 405 g/mol. The number of fused-ring (bicyclic) bond motifs is 1. The lowest BCUT2D eigenvalue weighted by molar-refractivity contribution is 0.0972. The lowest BCUT2D eigenvalue weighted by Gasteiger charge is -2.27. The van der Waals surface area contributed by atoms with Crippen LogP contribution in [0.25, 0.3) is 0 Å². The maximum absolute atomic E-state index is 12.3. The van der Waals surface area contributed by atoms with Gasteiger partial charge in [-0.2, -0.15) is 0 Å². The van der Waals surface area contributed by atoms with Crippen LogP contribution in [0, 0.1) is 0 Å². The minimum atomic E-state index is -0.0234. The Morgan fingerprint density at radius 1 is 1.15 bits per heavy atom. The number of ketones is 1. The molecule has 1 aliphatic heterocycles. The first-order valence-electron chi connectivity index (χ1n) is 6.09. The molecule has 3 rings (SSSR count). The van der Waals surface area contributed by atoms with E-state index in [4.69, 9.17) is 11.6 Å². The van der Waals surface area contributed by atoms with Gasteiger partial charge in [-0.15, -0.1) is 0 Å². The third kappa shape index (κ3) is 2.65. The maximum Gasteiger partial charge on any atom is 0.167 e. The van der Waals surface area contributed by atoms with E-state index in [2.05, 4.69) is 37.2 Å². The largest absolute Gasteiger partial charge is 0.376 e. The van der Waals surface area contributed by atoms with Crippen LogP contribution in [0.15, 0.2) is 45.3 Å². The molecule has 2 nitrogen and oxygen atoms in total. The van der Waals surface area contributed by atoms with E-state index < -0.39 is 0 Å². The molecule has 1 aliphatic rings. The minimum Gasteiger partial charge on any atom is -0.376 e. The van der Waals surface area contributed by atoms with Crippen LogP contribution in [0.4, 0.5) is 5.69 Å². The third-order valence-corrected chi connectivity index (χ3v) is 4.67. The van der Waals surface area contributed by atoms with Gasteiger partial charge < -0.3 is 5.32 Å². The van der Waals surface area contributed by atoms with Gasteiger partial charge in [0.2, 0.25) is 0 Å². The van der Waals surface area contributed by atoms with Gasteiger partial charge in [0.05, 0.1) is 11.7 Å². The van der Waals surface area contributed by atoms with Crippen LogP contribution in [-0.2, 0) is 0 Å². The second-order valence-corrected chi connectivity index (χ2v) is 6.89. The van der Waals surface area contributed by atoms with E-state index in [1.54, 1.807) is 0 Å². The van der Waals surface area contributed by atoms with E-state index in [9.17, 15) is 4.79 Å². The number of anilines is 1. The zero-order valence-electron chi connectivity index (χ0n) is 10.3. The molecule has 20 heavy (non-hydrogen) atoms. The highest BCUT2D eigenvalue weighted by atomic mass is 79.9. The molecule has 102 valence electrons. The van der Waals surface area contributed by atoms with E-state index in [1.807, 2.05) is 36.4 Å². The summed E-state index contributed by atoms with van der Waals surface area (Å²) < 4.78 is 1.78. The monoisotopic (exact) mass is 413 g/mol. The van der Waals surface area contributed by atoms with Crippen molar-refractivity contribution in [1.82, 2.24) is 0 Å². The van der Waals surface area contributed by atoms with E-state index in [1.165, 1.54) is 0 Å². The van der Waals surface area contributed by atoms with Crippen molar-refractivity contribution in [3.8, 4) is 0 Å². The smallest absolute Gasteiger partial charge is 0.167 e. The minimum absolute atomic E-state index is 0.0234. The molecule has 2 aromatic carbocycles. The van der Waals surface area contributed by atoms with Crippen molar-refractivity contribution in [3.63, 3.8) is 0 Å². The van der Waals surface area contributed by atoms with Crippen LogP contribution in [-0.4, -0.2) is 5.78 Å². The van der Waals surface area contributed by atoms with Crippen molar-refractivity contribution < 1.29 is 4.79 Å². The summed E-state index contributed by atoms with van der Waals surface area (Å²) in [7, 11) is 0. The number of carbonyl (C=O) groups is 1. The molecule has 0 amide bonds. The SMILES string of the molecule is O=C1CC(c2ccc(Cl)cc2)Nc2c(Br)cc(Br)cc21. The zero-order valence-corrected chi connectivity index (χ0v) is 14.2. The highest BCUT2D eigenvalue weighted by Gasteiger charge is 2.27. The molecular formula is C15H10Br2ClNO. The quantitative estimate of drug-likeness (QED) is 0.656. The number of hydrogen-bond donors (Lipinski definition) is 1. The van der Waals surface area contributed by atoms with Crippen molar-refractivity contribution >= 4 is 54.9 Å². The Labute approximate surface area is 138 Å². The molecule has 1 N–H and O–H groups in total. The summed E-state index contributed by atoms with van der Waals surface area (Å²) in [6.45, 7) is 0. The van der Waals surface area contributed by atoms with Crippen LogP contribution in [0.5, 0.6) is 0 Å². The van der Waals surface area contributed by atoms with Crippen molar-refractivity contribution in [2.75, 3.05) is 5.32 Å². The van der Waals surface area contributed by atoms with Gasteiger partial charge in [0.25, 0.3) is 0 Å². The highest BCUT2D eigenvalue weighted by molar-refractivity contribution is 9.11. The van der Waals surface area contributed by atoms with E-state index >= 15 is 0 Å². The van der Waals surface area contributed by atoms with Crippen molar-refractivity contribution in [1.29, 1.82) is 0 Å². The Hall–Kier alpha value is -0.840. The predicted molar refractivity (Wildman–Crippen MR) is 88.6 cm³/mol. The molecule has 0 saturated heterocycles. The second-order valence-electron chi connectivity index (χ2n) is 4.69. The van der Waals surface area contributed by atoms with Gasteiger partial charge in [-0.25, -0.2) is 0 Å². The summed E-state index contributed by atoms with van der Waals surface area (Å²) in [5.74, 6) is 0.140. The van der Waals surface area contributed by atoms with Crippen LogP contribution in [0.1, 0.15) is 28.4 Å². The summed E-state index contributed by atoms with van der Waals surface area (Å²) >= 11 is 12.8. The van der Waals surface area contributed by atoms with E-state index in [0.29, 0.717) is 11.4 Å². The maximum atomic E-state index is 12.3. The first-order chi connectivity index (χ1) is 9.54. The number of benzene rings is 2. The summed E-state index contributed by atoms with van der Waals surface area (Å²) in [6, 6.07) is 11.3. The topological polar surface area (TPSA) is 29.1 Å². The molecule has 0 saturated carbocycles. The molecule has 2 aromatic rings. The number of halogens is 3. The second kappa shape index (κ2) is 5.51. The van der Waals surface area contributed by atoms with Crippen LogP contribution >= 0.6 is 43.5 Å². The molecule has 1 atom stereocenters. The molecule has 5 heteroatoms. The molecule has 0 spiro atoms. The summed E-state index contributed by atoms with van der Waals surface area (Å²) in [5, 5.41) is 4.12. The summed E-state index contributed by atoms with van der Waals surface area (Å²) in [4.78, 5) is 12.3. The normalized spacial score (nSPS) is 17.6. The molecule has 0 radical (unpaired) electrons. The number of Topliss-reactive ketones (excluding diaryl/α,β-unsaturated/α-hetero) is 1. The van der Waals surface area contributed by atoms with Gasteiger partial charge in [0, 0.05) is 26.0 Å². The van der Waals surface area contributed by atoms with Crippen molar-refractivity contribution in [2.45, 2.75) is 12.5 Å². The van der Waals surface area contributed by atoms with Crippen molar-refractivity contribution in [2.24, 2.45) is 0 Å². The summed E-state index contributed by atoms with van der Waals surface area (Å²) in [6.07, 6.45) is 0.442. The van der Waals surface area contributed by atoms with Gasteiger partial charge >= 0.3 is 0 Å². The molecule has 0 aromatic heterocycles. The molecule has 0 fully saturated rings. The zero-order chi connectivity index (χ0) is 14.3. The number of hydrogen-bond acceptors (Lipinski definition) is 2. The van der Waals surface area contributed by atoms with Crippen molar-refractivity contribution in [3.05, 3.63) is 61.5 Å². The average Bonchev–Trinajstić information content (AvgIpc) is 2.40. The number of rotatable bonds is 1. The van der Waals surface area contributed by atoms with Gasteiger partial charge in [0.1, 0.15) is 0 Å². The first-order valence-corrected chi connectivity index (χ1v) is 8.05. The predicted octanol–water partition coefficient (Wildman–Crippen LogP) is 5.60. The van der Waals surface area contributed by atoms with Crippen LogP contribution < -0.4 is 5.32 Å². The molecule has 0 aliphatic carbocycles. The van der Waals surface area contributed by atoms with Gasteiger partial charge in [-0.05, 0) is 45.8 Å². The standard InChI is InChI=1S/C15H10Br2ClNO/c16-9-5-11-14(20)7-13(19-15(11)12(17)6-9)8-1-3-10(18)4-2-8/h1-6,13,19H,7H2. The Balaban J connectivity index is 2.00. The van der Waals surface area contributed by atoms with Gasteiger partial charge in [0.15, 0.2) is 5.78 Å². The van der Waals surface area contributed by atoms with Crippen LogP contribution in [0.2, 0.25) is 5.02 Å². The molecule has 1 heterocycles. The van der Waals surface area contributed by atoms with E-state index in [-0.39, 0.29) is 11.8 Å². The lowest BCUT2D eigenvalue weighted by atomic mass is 9.92. The summed E-state index contributed by atoms with van der Waals surface area (Å²) in [5.41, 5.74) is 2.63. The van der Waals surface area contributed by atoms with E-state index in [0.717, 1.165) is 25.8 Å². The highest BCUT2D eigenvalue weighted by Crippen LogP contribution is 2.39. The number of nitrogens with one attached hydrogen (secondary N) is 1. The molecule has 1 unspecified atom stereocenters. The fourth-order valence-corrected chi connectivity index (χ4v) is 3.82. The first kappa shape index (κ1) is 14.1. The van der Waals surface area contributed by atoms with Crippen LogP contribution in [0.3, 0.4) is 0 Å². The van der Waals surface area contributed by atoms with Gasteiger partial charge in [-0.1, -0.05) is 39.7 Å². The molecule has 0 bridgehead atoms. The average molecular weight is 416 g/mol. The number of carbonyl (C=O) groups excluding carboxylic acids is 1. The lowest BCUT2D eigenvalue weighted by Crippen LogP contribution is -2.23. The Morgan fingerprint density at radius 2 is 1.85 bits per heavy atom. The fraction of sp³-hybridized carbons (Fsp3) is 0.133. The Bertz CT molecular complexity index is 685. The Kier molecular flexibility index (Phi) is 3.89. The van der Waals surface area contributed by atoms with Gasteiger partial charge in [-0.3, -0.25) is 4.79 Å². The fourth-order valence-electron chi connectivity index (χ4n) is 2.36. The Morgan fingerprint density at radius 3 is 2.55 bits per heavy atom.